The van der Waals surface area contributed by atoms with E-state index in [-0.39, 0.29) is 57.1 Å². The topological polar surface area (TPSA) is 109 Å². The molecule has 3 aromatic rings. The maximum atomic E-state index is 13.9. The van der Waals surface area contributed by atoms with Crippen LogP contribution < -0.4 is 20.1 Å². The Kier molecular flexibility index (Phi) is 8.02. The number of alkyl halides is 3. The van der Waals surface area contributed by atoms with Crippen LogP contribution in [0, 0.1) is 5.41 Å². The fraction of sp³-hybridized carbons (Fsp3) is 0.419. The number of amides is 2. The molecule has 10 nitrogen and oxygen atoms in total. The molecule has 2 fully saturated rings. The first kappa shape index (κ1) is 30.9. The van der Waals surface area contributed by atoms with E-state index in [1.54, 1.807) is 19.2 Å². The van der Waals surface area contributed by atoms with Gasteiger partial charge in [-0.2, -0.15) is 18.2 Å². The van der Waals surface area contributed by atoms with Gasteiger partial charge in [0.25, 0.3) is 11.8 Å². The lowest BCUT2D eigenvalue weighted by molar-refractivity contribution is -0.139. The summed E-state index contributed by atoms with van der Waals surface area (Å²) in [7, 11) is 5.09. The summed E-state index contributed by atoms with van der Waals surface area (Å²) in [4.78, 5) is 37.4. The third-order valence-corrected chi connectivity index (χ3v) is 9.03. The third-order valence-electron chi connectivity index (χ3n) is 8.72. The van der Waals surface area contributed by atoms with Gasteiger partial charge in [0.15, 0.2) is 0 Å². The minimum absolute atomic E-state index is 0.0365. The van der Waals surface area contributed by atoms with Crippen LogP contribution in [0.4, 0.5) is 24.8 Å². The number of rotatable bonds is 7. The molecule has 2 N–H and O–H groups in total. The molecule has 1 spiro atoms. The summed E-state index contributed by atoms with van der Waals surface area (Å²) in [6, 6.07) is 7.64. The van der Waals surface area contributed by atoms with Crippen molar-refractivity contribution in [2.24, 2.45) is 5.41 Å². The summed E-state index contributed by atoms with van der Waals surface area (Å²) in [5.41, 5.74) is 0.364. The van der Waals surface area contributed by atoms with E-state index in [2.05, 4.69) is 32.5 Å². The molecule has 1 aliphatic carbocycles. The highest BCUT2D eigenvalue weighted by atomic mass is 35.5. The van der Waals surface area contributed by atoms with Crippen LogP contribution in [0.2, 0.25) is 5.02 Å². The Balaban J connectivity index is 1.22. The Hall–Kier alpha value is -4.10. The van der Waals surface area contributed by atoms with Gasteiger partial charge in [-0.3, -0.25) is 9.59 Å². The molecule has 1 saturated heterocycles. The first-order valence-electron chi connectivity index (χ1n) is 14.5. The lowest BCUT2D eigenvalue weighted by Crippen LogP contribution is -2.57. The van der Waals surface area contributed by atoms with E-state index in [0.29, 0.717) is 23.7 Å². The van der Waals surface area contributed by atoms with Gasteiger partial charge in [0.2, 0.25) is 11.8 Å². The highest BCUT2D eigenvalue weighted by Crippen LogP contribution is 2.44. The molecule has 238 valence electrons. The van der Waals surface area contributed by atoms with Gasteiger partial charge in [0.1, 0.15) is 17.1 Å². The maximum absolute atomic E-state index is 13.9. The Morgan fingerprint density at radius 3 is 2.53 bits per heavy atom. The number of halogens is 4. The van der Waals surface area contributed by atoms with Gasteiger partial charge in [0.05, 0.1) is 28.9 Å². The summed E-state index contributed by atoms with van der Waals surface area (Å²) in [6.07, 6.45) is -0.355. The first-order valence-corrected chi connectivity index (χ1v) is 14.9. The Bertz CT molecular complexity index is 1650. The van der Waals surface area contributed by atoms with Gasteiger partial charge in [-0.05, 0) is 61.9 Å². The molecule has 3 aliphatic rings. The van der Waals surface area contributed by atoms with Crippen molar-refractivity contribution in [1.29, 1.82) is 0 Å². The monoisotopic (exact) mass is 644 g/mol. The lowest BCUT2D eigenvalue weighted by Gasteiger charge is -2.52. The molecule has 14 heteroatoms. The fourth-order valence-electron chi connectivity index (χ4n) is 6.52. The second-order valence-corrected chi connectivity index (χ2v) is 12.4. The van der Waals surface area contributed by atoms with Crippen LogP contribution in [-0.2, 0) is 12.7 Å². The predicted octanol–water partition coefficient (Wildman–Crippen LogP) is 5.88. The van der Waals surface area contributed by atoms with E-state index in [1.165, 1.54) is 30.2 Å². The van der Waals surface area contributed by atoms with Crippen molar-refractivity contribution < 1.29 is 32.2 Å². The molecule has 1 aromatic heterocycles. The van der Waals surface area contributed by atoms with Crippen LogP contribution >= 0.6 is 11.6 Å². The lowest BCUT2D eigenvalue weighted by atomic mass is 9.67. The SMILES string of the molecule is COc1cc(C(=O)NC2CCC3(CC2)CN(C)C3)c(Cl)cc1Nc1ncc(C(F)(F)F)c(Oc2cccc3c2C(=O)N(C)C3)n1. The number of methoxy groups -OCH3 is 1. The summed E-state index contributed by atoms with van der Waals surface area (Å²) in [5, 5.41) is 6.01. The van der Waals surface area contributed by atoms with E-state index in [0.717, 1.165) is 38.8 Å². The summed E-state index contributed by atoms with van der Waals surface area (Å²) >= 11 is 6.52. The van der Waals surface area contributed by atoms with Crippen LogP contribution in [0.25, 0.3) is 0 Å². The number of benzene rings is 2. The number of anilines is 2. The molecule has 0 bridgehead atoms. The average molecular weight is 645 g/mol. The minimum atomic E-state index is -4.84. The third kappa shape index (κ3) is 6.10. The summed E-state index contributed by atoms with van der Waals surface area (Å²) in [5.74, 6) is -1.61. The number of aromatic nitrogens is 2. The Morgan fingerprint density at radius 1 is 1.13 bits per heavy atom. The molecule has 2 amide bonds. The van der Waals surface area contributed by atoms with Crippen molar-refractivity contribution in [3.05, 3.63) is 63.8 Å². The largest absolute Gasteiger partial charge is 0.495 e. The van der Waals surface area contributed by atoms with Crippen LogP contribution in [0.3, 0.4) is 0 Å². The molecule has 0 unspecified atom stereocenters. The zero-order chi connectivity index (χ0) is 32.1. The second kappa shape index (κ2) is 11.7. The van der Waals surface area contributed by atoms with E-state index >= 15 is 0 Å². The van der Waals surface area contributed by atoms with Gasteiger partial charge in [-0.1, -0.05) is 23.7 Å². The molecule has 45 heavy (non-hydrogen) atoms. The zero-order valence-corrected chi connectivity index (χ0v) is 25.7. The predicted molar refractivity (Wildman–Crippen MR) is 160 cm³/mol. The van der Waals surface area contributed by atoms with Gasteiger partial charge in [-0.15, -0.1) is 0 Å². The van der Waals surface area contributed by atoms with E-state index in [4.69, 9.17) is 21.1 Å². The summed E-state index contributed by atoms with van der Waals surface area (Å²) < 4.78 is 52.9. The highest BCUT2D eigenvalue weighted by Gasteiger charge is 2.43. The van der Waals surface area contributed by atoms with Gasteiger partial charge < -0.3 is 29.9 Å². The van der Waals surface area contributed by atoms with Crippen LogP contribution in [-0.4, -0.2) is 71.9 Å². The summed E-state index contributed by atoms with van der Waals surface area (Å²) in [6.45, 7) is 2.49. The smallest absolute Gasteiger partial charge is 0.423 e. The molecule has 1 saturated carbocycles. The molecule has 6 rings (SSSR count). The van der Waals surface area contributed by atoms with Crippen LogP contribution in [0.5, 0.6) is 17.4 Å². The fourth-order valence-corrected chi connectivity index (χ4v) is 6.77. The standard InChI is InChI=1S/C31H32ClF3N6O4/c1-40-15-30(16-40)9-7-18(8-10-30)37-26(42)19-11-24(44-3)22(12-21(19)32)38-29-36-13-20(31(33,34)35)27(39-29)45-23-6-4-5-17-14-41(2)28(43)25(17)23/h4-6,11-13,18H,7-10,14-16H2,1-3H3,(H,37,42)(H,36,38,39). The Morgan fingerprint density at radius 2 is 1.87 bits per heavy atom. The quantitative estimate of drug-likeness (QED) is 0.328. The minimum Gasteiger partial charge on any atom is -0.495 e. The molecular formula is C31H32ClF3N6O4. The normalized spacial score (nSPS) is 18.0. The molecule has 0 radical (unpaired) electrons. The molecule has 3 heterocycles. The number of carbonyl (C=O) groups excluding carboxylic acids is 2. The number of ether oxygens (including phenoxy) is 2. The average Bonchev–Trinajstić information content (AvgIpc) is 3.26. The van der Waals surface area contributed by atoms with Gasteiger partial charge in [-0.25, -0.2) is 4.98 Å². The van der Waals surface area contributed by atoms with Crippen molar-refractivity contribution in [1.82, 2.24) is 25.1 Å². The van der Waals surface area contributed by atoms with Crippen LogP contribution in [0.1, 0.15) is 57.5 Å². The number of nitrogens with zero attached hydrogens (tertiary/aromatic N) is 4. The molecule has 0 atom stereocenters. The number of hydrogen-bond donors (Lipinski definition) is 2. The van der Waals surface area contributed by atoms with Gasteiger partial charge in [0, 0.05) is 38.9 Å². The number of fused-ring (bicyclic) bond motifs is 1. The van der Waals surface area contributed by atoms with Crippen molar-refractivity contribution in [3.8, 4) is 17.4 Å². The maximum Gasteiger partial charge on any atom is 0.423 e. The zero-order valence-electron chi connectivity index (χ0n) is 24.9. The van der Waals surface area contributed by atoms with Crippen LogP contribution in [0.15, 0.2) is 36.5 Å². The number of likely N-dealkylation sites (tertiary alicyclic amines) is 1. The number of hydrogen-bond acceptors (Lipinski definition) is 8. The molecule has 2 aromatic carbocycles. The van der Waals surface area contributed by atoms with Crippen molar-refractivity contribution in [2.75, 3.05) is 39.6 Å². The van der Waals surface area contributed by atoms with E-state index < -0.39 is 17.6 Å². The molecular weight excluding hydrogens is 613 g/mol. The second-order valence-electron chi connectivity index (χ2n) is 12.0. The number of nitrogens with one attached hydrogen (secondary N) is 2. The van der Waals surface area contributed by atoms with Crippen molar-refractivity contribution >= 4 is 35.1 Å². The van der Waals surface area contributed by atoms with Gasteiger partial charge >= 0.3 is 6.18 Å². The van der Waals surface area contributed by atoms with E-state index in [1.807, 2.05) is 0 Å². The van der Waals surface area contributed by atoms with Crippen molar-refractivity contribution in [2.45, 2.75) is 44.4 Å². The molecule has 2 aliphatic heterocycles. The highest BCUT2D eigenvalue weighted by molar-refractivity contribution is 6.34. The number of carbonyl (C=O) groups is 2. The van der Waals surface area contributed by atoms with E-state index in [9.17, 15) is 22.8 Å². The first-order chi connectivity index (χ1) is 21.4. The Labute approximate surface area is 262 Å². The van der Waals surface area contributed by atoms with Crippen molar-refractivity contribution in [3.63, 3.8) is 0 Å².